The molecule has 17 heavy (non-hydrogen) atoms. The minimum Gasteiger partial charge on any atom is -0.259 e. The lowest BCUT2D eigenvalue weighted by molar-refractivity contribution is -0.137. The highest BCUT2D eigenvalue weighted by atomic mass is 35.5. The minimum atomic E-state index is -4.43. The Morgan fingerprint density at radius 2 is 1.76 bits per heavy atom. The van der Waals surface area contributed by atoms with Gasteiger partial charge in [0.25, 0.3) is 0 Å². The fourth-order valence-corrected chi connectivity index (χ4v) is 1.57. The number of nitrogens with zero attached hydrogens (tertiary/aromatic N) is 2. The summed E-state index contributed by atoms with van der Waals surface area (Å²) in [6.45, 7) is 0. The van der Waals surface area contributed by atoms with Crippen molar-refractivity contribution < 1.29 is 13.2 Å². The first kappa shape index (κ1) is 11.9. The molecule has 2 aromatic rings. The normalized spacial score (nSPS) is 11.5. The molecule has 0 aliphatic carbocycles. The molecule has 0 radical (unpaired) electrons. The third-order valence-electron chi connectivity index (χ3n) is 2.11. The molecule has 1 heterocycles. The van der Waals surface area contributed by atoms with Crippen molar-refractivity contribution in [3.8, 4) is 11.3 Å². The summed E-state index contributed by atoms with van der Waals surface area (Å²) >= 11 is 5.61. The van der Waals surface area contributed by atoms with E-state index in [1.165, 1.54) is 30.6 Å². The number of benzene rings is 1. The molecule has 0 aliphatic rings. The minimum absolute atomic E-state index is 0.0324. The van der Waals surface area contributed by atoms with Gasteiger partial charge in [0.1, 0.15) is 5.15 Å². The molecule has 0 fully saturated rings. The van der Waals surface area contributed by atoms with Crippen LogP contribution in [0.4, 0.5) is 13.2 Å². The van der Waals surface area contributed by atoms with Gasteiger partial charge in [-0.3, -0.25) is 4.98 Å². The number of alkyl halides is 3. The standard InChI is InChI=1S/C11H6ClF3N2/c12-10-6-16-5-9(17-10)7-3-1-2-4-8(7)11(13,14)15/h1-6H. The molecule has 2 rings (SSSR count). The average Bonchev–Trinajstić information content (AvgIpc) is 2.28. The molecule has 0 atom stereocenters. The van der Waals surface area contributed by atoms with Crippen molar-refractivity contribution in [2.75, 3.05) is 0 Å². The molecule has 0 amide bonds. The van der Waals surface area contributed by atoms with Gasteiger partial charge in [0, 0.05) is 5.56 Å². The van der Waals surface area contributed by atoms with Crippen molar-refractivity contribution in [2.24, 2.45) is 0 Å². The fraction of sp³-hybridized carbons (Fsp3) is 0.0909. The van der Waals surface area contributed by atoms with Crippen molar-refractivity contribution in [3.63, 3.8) is 0 Å². The van der Waals surface area contributed by atoms with Crippen LogP contribution in [0.25, 0.3) is 11.3 Å². The molecule has 0 N–H and O–H groups in total. The van der Waals surface area contributed by atoms with Crippen molar-refractivity contribution in [3.05, 3.63) is 47.4 Å². The Labute approximate surface area is 100 Å². The van der Waals surface area contributed by atoms with Crippen LogP contribution in [0, 0.1) is 0 Å². The van der Waals surface area contributed by atoms with Gasteiger partial charge in [0.15, 0.2) is 0 Å². The highest BCUT2D eigenvalue weighted by Crippen LogP contribution is 2.36. The van der Waals surface area contributed by atoms with Crippen molar-refractivity contribution in [2.45, 2.75) is 6.18 Å². The number of aromatic nitrogens is 2. The van der Waals surface area contributed by atoms with Gasteiger partial charge >= 0.3 is 6.18 Å². The molecule has 0 saturated carbocycles. The first-order chi connectivity index (χ1) is 7.98. The summed E-state index contributed by atoms with van der Waals surface area (Å²) in [6, 6.07) is 5.17. The van der Waals surface area contributed by atoms with E-state index in [1.54, 1.807) is 0 Å². The molecule has 0 spiro atoms. The van der Waals surface area contributed by atoms with E-state index in [0.717, 1.165) is 6.07 Å². The number of hydrogen-bond donors (Lipinski definition) is 0. The predicted octanol–water partition coefficient (Wildman–Crippen LogP) is 3.82. The maximum Gasteiger partial charge on any atom is 0.417 e. The SMILES string of the molecule is FC(F)(F)c1ccccc1-c1cncc(Cl)n1. The van der Waals surface area contributed by atoms with Gasteiger partial charge in [-0.15, -0.1) is 0 Å². The molecular formula is C11H6ClF3N2. The average molecular weight is 259 g/mol. The van der Waals surface area contributed by atoms with Crippen LogP contribution in [-0.2, 0) is 6.18 Å². The summed E-state index contributed by atoms with van der Waals surface area (Å²) in [6.07, 6.45) is -1.92. The van der Waals surface area contributed by atoms with Gasteiger partial charge in [0.2, 0.25) is 0 Å². The first-order valence-corrected chi connectivity index (χ1v) is 5.00. The zero-order valence-corrected chi connectivity index (χ0v) is 9.13. The van der Waals surface area contributed by atoms with Crippen LogP contribution in [0.3, 0.4) is 0 Å². The summed E-state index contributed by atoms with van der Waals surface area (Å²) in [7, 11) is 0. The van der Waals surface area contributed by atoms with Gasteiger partial charge in [-0.05, 0) is 6.07 Å². The molecule has 1 aromatic carbocycles. The molecule has 6 heteroatoms. The van der Waals surface area contributed by atoms with Gasteiger partial charge in [-0.2, -0.15) is 13.2 Å². The molecule has 0 aliphatic heterocycles. The lowest BCUT2D eigenvalue weighted by Gasteiger charge is -2.11. The van der Waals surface area contributed by atoms with E-state index in [4.69, 9.17) is 11.6 Å². The van der Waals surface area contributed by atoms with E-state index in [0.29, 0.717) is 0 Å². The molecule has 2 nitrogen and oxygen atoms in total. The van der Waals surface area contributed by atoms with E-state index in [1.807, 2.05) is 0 Å². The van der Waals surface area contributed by atoms with E-state index in [2.05, 4.69) is 9.97 Å². The Hall–Kier alpha value is -1.62. The van der Waals surface area contributed by atoms with Gasteiger partial charge < -0.3 is 0 Å². The third kappa shape index (κ3) is 2.55. The molecule has 0 saturated heterocycles. The second kappa shape index (κ2) is 4.33. The quantitative estimate of drug-likeness (QED) is 0.777. The molecule has 88 valence electrons. The van der Waals surface area contributed by atoms with Crippen molar-refractivity contribution in [1.82, 2.24) is 9.97 Å². The lowest BCUT2D eigenvalue weighted by atomic mass is 10.0. The van der Waals surface area contributed by atoms with Crippen LogP contribution in [0.15, 0.2) is 36.7 Å². The Morgan fingerprint density at radius 1 is 1.06 bits per heavy atom. The highest BCUT2D eigenvalue weighted by Gasteiger charge is 2.33. The predicted molar refractivity (Wildman–Crippen MR) is 57.5 cm³/mol. The van der Waals surface area contributed by atoms with E-state index in [9.17, 15) is 13.2 Å². The Morgan fingerprint density at radius 3 is 2.41 bits per heavy atom. The second-order valence-corrected chi connectivity index (χ2v) is 3.66. The molecule has 1 aromatic heterocycles. The third-order valence-corrected chi connectivity index (χ3v) is 2.30. The second-order valence-electron chi connectivity index (χ2n) is 3.27. The maximum atomic E-state index is 12.8. The highest BCUT2D eigenvalue weighted by molar-refractivity contribution is 6.29. The smallest absolute Gasteiger partial charge is 0.259 e. The van der Waals surface area contributed by atoms with Crippen molar-refractivity contribution >= 4 is 11.6 Å². The van der Waals surface area contributed by atoms with Gasteiger partial charge in [0.05, 0.1) is 23.7 Å². The summed E-state index contributed by atoms with van der Waals surface area (Å²) in [4.78, 5) is 7.54. The molecule has 0 unspecified atom stereocenters. The topological polar surface area (TPSA) is 25.8 Å². The number of hydrogen-bond acceptors (Lipinski definition) is 2. The van der Waals surface area contributed by atoms with Crippen LogP contribution in [-0.4, -0.2) is 9.97 Å². The Bertz CT molecular complexity index is 540. The number of halogens is 4. The Balaban J connectivity index is 2.60. The van der Waals surface area contributed by atoms with Crippen LogP contribution in [0.2, 0.25) is 5.15 Å². The van der Waals surface area contributed by atoms with Crippen LogP contribution >= 0.6 is 11.6 Å². The Kier molecular flexibility index (Phi) is 3.02. The van der Waals surface area contributed by atoms with Crippen LogP contribution in [0.5, 0.6) is 0 Å². The zero-order valence-electron chi connectivity index (χ0n) is 8.37. The summed E-state index contributed by atoms with van der Waals surface area (Å²) < 4.78 is 38.3. The first-order valence-electron chi connectivity index (χ1n) is 4.62. The fourth-order valence-electron chi connectivity index (χ4n) is 1.43. The van der Waals surface area contributed by atoms with E-state index < -0.39 is 11.7 Å². The van der Waals surface area contributed by atoms with Gasteiger partial charge in [-0.25, -0.2) is 4.98 Å². The molecular weight excluding hydrogens is 253 g/mol. The van der Waals surface area contributed by atoms with Crippen LogP contribution in [0.1, 0.15) is 5.56 Å². The summed E-state index contributed by atoms with van der Waals surface area (Å²) in [5, 5.41) is 0.0551. The lowest BCUT2D eigenvalue weighted by Crippen LogP contribution is -2.07. The monoisotopic (exact) mass is 258 g/mol. The maximum absolute atomic E-state index is 12.8. The summed E-state index contributed by atoms with van der Waals surface area (Å²) in [5.74, 6) is 0. The van der Waals surface area contributed by atoms with Gasteiger partial charge in [-0.1, -0.05) is 29.8 Å². The van der Waals surface area contributed by atoms with Crippen molar-refractivity contribution in [1.29, 1.82) is 0 Å². The zero-order chi connectivity index (χ0) is 12.5. The number of rotatable bonds is 1. The summed E-state index contributed by atoms with van der Waals surface area (Å²) in [5.41, 5.74) is -0.683. The molecule has 0 bridgehead atoms. The van der Waals surface area contributed by atoms with E-state index >= 15 is 0 Å². The van der Waals surface area contributed by atoms with E-state index in [-0.39, 0.29) is 16.4 Å². The largest absolute Gasteiger partial charge is 0.417 e. The van der Waals surface area contributed by atoms with Crippen LogP contribution < -0.4 is 0 Å².